The summed E-state index contributed by atoms with van der Waals surface area (Å²) in [5.41, 5.74) is 0. The van der Waals surface area contributed by atoms with E-state index in [1.807, 2.05) is 0 Å². The molecular formula is C2H6N2OS. The van der Waals surface area contributed by atoms with Gasteiger partial charge in [-0.2, -0.15) is 5.11 Å². The van der Waals surface area contributed by atoms with Gasteiger partial charge in [0, 0.05) is 13.3 Å². The first-order valence-electron chi connectivity index (χ1n) is 1.40. The SMILES string of the molecule is CN=N[S@](C)=O. The Bertz CT molecular complexity index is 79.6. The Morgan fingerprint density at radius 2 is 2.17 bits per heavy atom. The zero-order chi connectivity index (χ0) is 4.99. The molecule has 0 fully saturated rings. The van der Waals surface area contributed by atoms with Gasteiger partial charge in [-0.25, -0.2) is 4.21 Å². The maximum Gasteiger partial charge on any atom is 0.155 e. The van der Waals surface area contributed by atoms with Crippen LogP contribution in [0.1, 0.15) is 0 Å². The Morgan fingerprint density at radius 1 is 1.67 bits per heavy atom. The number of rotatable bonds is 1. The molecule has 1 atom stereocenters. The van der Waals surface area contributed by atoms with Crippen molar-refractivity contribution in [1.29, 1.82) is 0 Å². The van der Waals surface area contributed by atoms with E-state index >= 15 is 0 Å². The van der Waals surface area contributed by atoms with Gasteiger partial charge in [-0.3, -0.25) is 0 Å². The largest absolute Gasteiger partial charge is 0.234 e. The van der Waals surface area contributed by atoms with Crippen molar-refractivity contribution >= 4 is 11.0 Å². The van der Waals surface area contributed by atoms with Gasteiger partial charge in [-0.05, 0) is 0 Å². The molecule has 0 spiro atoms. The third-order valence-electron chi connectivity index (χ3n) is 0.197. The maximum atomic E-state index is 9.89. The summed E-state index contributed by atoms with van der Waals surface area (Å²) in [6, 6.07) is 0. The lowest BCUT2D eigenvalue weighted by Crippen LogP contribution is -1.71. The topological polar surface area (TPSA) is 41.8 Å². The molecule has 0 saturated heterocycles. The van der Waals surface area contributed by atoms with Gasteiger partial charge in [-0.1, -0.05) is 4.52 Å². The van der Waals surface area contributed by atoms with E-state index in [4.69, 9.17) is 0 Å². The van der Waals surface area contributed by atoms with Gasteiger partial charge in [0.15, 0.2) is 11.0 Å². The molecule has 0 aromatic rings. The van der Waals surface area contributed by atoms with Gasteiger partial charge in [-0.15, -0.1) is 0 Å². The maximum absolute atomic E-state index is 9.89. The molecule has 0 aliphatic rings. The fraction of sp³-hybridized carbons (Fsp3) is 1.00. The van der Waals surface area contributed by atoms with E-state index in [1.165, 1.54) is 13.3 Å². The zero-order valence-electron chi connectivity index (χ0n) is 3.71. The van der Waals surface area contributed by atoms with Crippen LogP contribution in [-0.4, -0.2) is 17.5 Å². The van der Waals surface area contributed by atoms with E-state index in [2.05, 4.69) is 9.63 Å². The lowest BCUT2D eigenvalue weighted by molar-refractivity contribution is 0.686. The fourth-order valence-corrected chi connectivity index (χ4v) is 0.345. The molecule has 3 nitrogen and oxygen atoms in total. The second-order valence-electron chi connectivity index (χ2n) is 0.705. The first-order chi connectivity index (χ1) is 2.77. The van der Waals surface area contributed by atoms with Crippen molar-refractivity contribution in [3.8, 4) is 0 Å². The molecule has 0 amide bonds. The van der Waals surface area contributed by atoms with Crippen LogP contribution in [0.5, 0.6) is 0 Å². The van der Waals surface area contributed by atoms with Crippen LogP contribution in [0.2, 0.25) is 0 Å². The lowest BCUT2D eigenvalue weighted by atomic mass is 11.6. The Labute approximate surface area is 39.1 Å². The standard InChI is InChI=1S/C2H6N2OS/c1-3-4-6(2)5/h1-2H3/t6-/m0/s1. The Morgan fingerprint density at radius 3 is 2.17 bits per heavy atom. The summed E-state index contributed by atoms with van der Waals surface area (Å²) in [5.74, 6) is 0. The molecule has 0 saturated carbocycles. The molecule has 0 rings (SSSR count). The van der Waals surface area contributed by atoms with E-state index in [0.717, 1.165) is 0 Å². The average Bonchev–Trinajstić information content (AvgIpc) is 1.35. The van der Waals surface area contributed by atoms with Gasteiger partial charge in [0.2, 0.25) is 0 Å². The van der Waals surface area contributed by atoms with Crippen LogP contribution in [-0.2, 0) is 11.0 Å². The Hall–Kier alpha value is -0.250. The van der Waals surface area contributed by atoms with Crippen molar-refractivity contribution in [2.24, 2.45) is 9.63 Å². The van der Waals surface area contributed by atoms with E-state index in [0.29, 0.717) is 0 Å². The molecule has 0 aliphatic carbocycles. The molecule has 0 aromatic heterocycles. The van der Waals surface area contributed by atoms with Gasteiger partial charge >= 0.3 is 0 Å². The van der Waals surface area contributed by atoms with Crippen LogP contribution in [0.4, 0.5) is 0 Å². The summed E-state index contributed by atoms with van der Waals surface area (Å²) in [7, 11) is 0.380. The van der Waals surface area contributed by atoms with Crippen LogP contribution < -0.4 is 0 Å². The predicted octanol–water partition coefficient (Wildman–Crippen LogP) is 0.362. The first kappa shape index (κ1) is 5.75. The van der Waals surface area contributed by atoms with E-state index < -0.39 is 11.0 Å². The Kier molecular flexibility index (Phi) is 2.84. The minimum absolute atomic E-state index is 1.11. The lowest BCUT2D eigenvalue weighted by Gasteiger charge is -1.69. The Balaban J connectivity index is 3.30. The van der Waals surface area contributed by atoms with Crippen LogP contribution >= 0.6 is 0 Å². The third-order valence-corrected chi connectivity index (χ3v) is 0.590. The number of nitrogens with zero attached hydrogens (tertiary/aromatic N) is 2. The highest BCUT2D eigenvalue weighted by atomic mass is 32.2. The van der Waals surface area contributed by atoms with E-state index in [1.54, 1.807) is 0 Å². The van der Waals surface area contributed by atoms with Crippen LogP contribution in [0, 0.1) is 0 Å². The fourth-order valence-electron chi connectivity index (χ4n) is 0.115. The highest BCUT2D eigenvalue weighted by molar-refractivity contribution is 7.82. The number of hydrogen-bond donors (Lipinski definition) is 0. The van der Waals surface area contributed by atoms with Crippen LogP contribution in [0.25, 0.3) is 0 Å². The van der Waals surface area contributed by atoms with Crippen molar-refractivity contribution in [2.45, 2.75) is 0 Å². The van der Waals surface area contributed by atoms with Crippen molar-refractivity contribution in [3.63, 3.8) is 0 Å². The molecule has 0 bridgehead atoms. The van der Waals surface area contributed by atoms with Gasteiger partial charge in [0.05, 0.1) is 0 Å². The monoisotopic (exact) mass is 106 g/mol. The molecule has 4 heteroatoms. The van der Waals surface area contributed by atoms with Crippen LogP contribution in [0.15, 0.2) is 9.63 Å². The molecule has 36 valence electrons. The molecule has 0 heterocycles. The number of hydrogen-bond acceptors (Lipinski definition) is 2. The van der Waals surface area contributed by atoms with Gasteiger partial charge in [0.1, 0.15) is 0 Å². The quantitative estimate of drug-likeness (QED) is 0.445. The third kappa shape index (κ3) is 3.75. The molecule has 0 aromatic carbocycles. The first-order valence-corrected chi connectivity index (χ1v) is 2.92. The van der Waals surface area contributed by atoms with E-state index in [-0.39, 0.29) is 0 Å². The summed E-state index contributed by atoms with van der Waals surface area (Å²) in [6.45, 7) is 0. The smallest absolute Gasteiger partial charge is 0.155 e. The molecule has 6 heavy (non-hydrogen) atoms. The summed E-state index contributed by atoms with van der Waals surface area (Å²) >= 11 is 0. The zero-order valence-corrected chi connectivity index (χ0v) is 4.53. The van der Waals surface area contributed by atoms with Crippen molar-refractivity contribution in [1.82, 2.24) is 0 Å². The highest BCUT2D eigenvalue weighted by Crippen LogP contribution is 1.72. The average molecular weight is 106 g/mol. The highest BCUT2D eigenvalue weighted by Gasteiger charge is 1.72. The summed E-state index contributed by atoms with van der Waals surface area (Å²) in [6.07, 6.45) is 1.47. The second-order valence-corrected chi connectivity index (χ2v) is 1.72. The molecule has 0 radical (unpaired) electrons. The van der Waals surface area contributed by atoms with Crippen molar-refractivity contribution < 1.29 is 4.21 Å². The summed E-state index contributed by atoms with van der Waals surface area (Å²) in [4.78, 5) is 0. The molecule has 0 aliphatic heterocycles. The molecule has 0 unspecified atom stereocenters. The van der Waals surface area contributed by atoms with Gasteiger partial charge in [0.25, 0.3) is 0 Å². The van der Waals surface area contributed by atoms with Crippen molar-refractivity contribution in [2.75, 3.05) is 13.3 Å². The van der Waals surface area contributed by atoms with Crippen LogP contribution in [0.3, 0.4) is 0 Å². The predicted molar refractivity (Wildman–Crippen MR) is 24.8 cm³/mol. The second kappa shape index (κ2) is 2.96. The molecule has 0 N–H and O–H groups in total. The van der Waals surface area contributed by atoms with Crippen molar-refractivity contribution in [3.05, 3.63) is 0 Å². The molecular weight excluding hydrogens is 100 g/mol. The normalized spacial score (nSPS) is 15.7. The summed E-state index contributed by atoms with van der Waals surface area (Å²) in [5, 5.41) is 3.26. The van der Waals surface area contributed by atoms with E-state index in [9.17, 15) is 4.21 Å². The minimum Gasteiger partial charge on any atom is -0.234 e. The van der Waals surface area contributed by atoms with Gasteiger partial charge < -0.3 is 0 Å². The minimum atomic E-state index is -1.11. The summed E-state index contributed by atoms with van der Waals surface area (Å²) < 4.78 is 13.1.